The molecule has 1 atom stereocenters. The second kappa shape index (κ2) is 7.09. The largest absolute Gasteiger partial charge is 0.375 e. The summed E-state index contributed by atoms with van der Waals surface area (Å²) in [6.07, 6.45) is 3.38. The maximum absolute atomic E-state index is 12.9. The molecule has 0 saturated carbocycles. The smallest absolute Gasteiger partial charge is 0.270 e. The molecule has 29 heavy (non-hydrogen) atoms. The van der Waals surface area contributed by atoms with Crippen LogP contribution in [0.3, 0.4) is 0 Å². The molecule has 0 saturated heterocycles. The fourth-order valence-electron chi connectivity index (χ4n) is 3.80. The van der Waals surface area contributed by atoms with Gasteiger partial charge in [-0.15, -0.1) is 11.3 Å². The van der Waals surface area contributed by atoms with Gasteiger partial charge in [-0.05, 0) is 37.0 Å². The number of thiazole rings is 1. The lowest BCUT2D eigenvalue weighted by Crippen LogP contribution is -2.28. The Hall–Kier alpha value is -3.04. The van der Waals surface area contributed by atoms with Crippen molar-refractivity contribution in [3.8, 4) is 11.4 Å². The molecule has 148 valence electrons. The standard InChI is InChI=1S/C20H19N5O3S/c1-11-10-29-20-21-8-16(25(11)20)19(26)22-15-6-4-12-7-13(3-5-14(12)15)18-23-17(9-27-2)28-24-18/h3,5,7-8,10,15H,4,6,9H2,1-2H3,(H,22,26)/t15-/m1/s1. The van der Waals surface area contributed by atoms with Crippen molar-refractivity contribution in [2.75, 3.05) is 7.11 Å². The Kier molecular flexibility index (Phi) is 4.40. The minimum Gasteiger partial charge on any atom is -0.375 e. The number of fused-ring (bicyclic) bond motifs is 2. The molecule has 1 amide bonds. The molecule has 8 nitrogen and oxygen atoms in total. The number of carbonyl (C=O) groups is 1. The average molecular weight is 409 g/mol. The summed E-state index contributed by atoms with van der Waals surface area (Å²) in [5.74, 6) is 0.884. The number of methoxy groups -OCH3 is 1. The van der Waals surface area contributed by atoms with E-state index >= 15 is 0 Å². The molecule has 3 aromatic heterocycles. The quantitative estimate of drug-likeness (QED) is 0.543. The van der Waals surface area contributed by atoms with Crippen molar-refractivity contribution in [2.24, 2.45) is 0 Å². The van der Waals surface area contributed by atoms with Crippen molar-refractivity contribution in [1.29, 1.82) is 0 Å². The highest BCUT2D eigenvalue weighted by molar-refractivity contribution is 7.15. The van der Waals surface area contributed by atoms with Crippen molar-refractivity contribution in [3.05, 3.63) is 58.2 Å². The third-order valence-corrected chi connectivity index (χ3v) is 6.13. The van der Waals surface area contributed by atoms with Crippen LogP contribution in [-0.2, 0) is 17.8 Å². The van der Waals surface area contributed by atoms with Gasteiger partial charge in [0.2, 0.25) is 5.82 Å². The third-order valence-electron chi connectivity index (χ3n) is 5.17. The van der Waals surface area contributed by atoms with Crippen molar-refractivity contribution in [3.63, 3.8) is 0 Å². The Bertz CT molecular complexity index is 1210. The molecule has 0 aliphatic heterocycles. The molecule has 0 spiro atoms. The lowest BCUT2D eigenvalue weighted by Gasteiger charge is -2.14. The van der Waals surface area contributed by atoms with Gasteiger partial charge in [0.25, 0.3) is 11.8 Å². The van der Waals surface area contributed by atoms with Crippen molar-refractivity contribution in [2.45, 2.75) is 32.4 Å². The molecule has 1 aliphatic rings. The predicted molar refractivity (Wildman–Crippen MR) is 107 cm³/mol. The van der Waals surface area contributed by atoms with E-state index < -0.39 is 0 Å². The first-order valence-corrected chi connectivity index (χ1v) is 10.2. The van der Waals surface area contributed by atoms with Gasteiger partial charge in [-0.3, -0.25) is 9.20 Å². The minimum atomic E-state index is -0.108. The first-order valence-electron chi connectivity index (χ1n) is 9.31. The summed E-state index contributed by atoms with van der Waals surface area (Å²) in [4.78, 5) is 22.4. The highest BCUT2D eigenvalue weighted by Crippen LogP contribution is 2.34. The summed E-state index contributed by atoms with van der Waals surface area (Å²) in [5.41, 5.74) is 4.80. The highest BCUT2D eigenvalue weighted by Gasteiger charge is 2.26. The van der Waals surface area contributed by atoms with E-state index in [9.17, 15) is 4.79 Å². The SMILES string of the molecule is COCc1nc(-c2ccc3c(c2)CC[C@H]3NC(=O)c2cnc3scc(C)n23)no1. The topological polar surface area (TPSA) is 94.5 Å². The van der Waals surface area contributed by atoms with E-state index in [0.717, 1.165) is 34.6 Å². The zero-order chi connectivity index (χ0) is 20.0. The number of carbonyl (C=O) groups excluding carboxylic acids is 1. The number of aryl methyl sites for hydroxylation is 2. The van der Waals surface area contributed by atoms with E-state index in [2.05, 4.69) is 26.5 Å². The first kappa shape index (κ1) is 18.0. The normalized spacial score (nSPS) is 15.7. The number of ether oxygens (including phenoxy) is 1. The molecule has 1 aromatic carbocycles. The number of amides is 1. The van der Waals surface area contributed by atoms with Crippen LogP contribution in [0.4, 0.5) is 0 Å². The van der Waals surface area contributed by atoms with Crippen LogP contribution in [0.25, 0.3) is 16.3 Å². The third kappa shape index (κ3) is 3.12. The zero-order valence-corrected chi connectivity index (χ0v) is 16.8. The Morgan fingerprint density at radius 2 is 2.34 bits per heavy atom. The van der Waals surface area contributed by atoms with E-state index in [0.29, 0.717) is 17.4 Å². The summed E-state index contributed by atoms with van der Waals surface area (Å²) in [6, 6.07) is 6.05. The van der Waals surface area contributed by atoms with Gasteiger partial charge in [0, 0.05) is 23.7 Å². The number of benzene rings is 1. The molecule has 0 bridgehead atoms. The Morgan fingerprint density at radius 1 is 1.45 bits per heavy atom. The number of hydrogen-bond donors (Lipinski definition) is 1. The summed E-state index contributed by atoms with van der Waals surface area (Å²) in [5, 5.41) is 9.19. The predicted octanol–water partition coefficient (Wildman–Crippen LogP) is 3.32. The molecule has 5 rings (SSSR count). The highest BCUT2D eigenvalue weighted by atomic mass is 32.1. The summed E-state index contributed by atoms with van der Waals surface area (Å²) in [6.45, 7) is 2.27. The fraction of sp³-hybridized carbons (Fsp3) is 0.300. The Labute approximate surface area is 170 Å². The van der Waals surface area contributed by atoms with Crippen molar-refractivity contribution in [1.82, 2.24) is 24.8 Å². The minimum absolute atomic E-state index is 0.0228. The molecule has 1 aliphatic carbocycles. The second-order valence-corrected chi connectivity index (χ2v) is 7.90. The Balaban J connectivity index is 1.37. The van der Waals surface area contributed by atoms with Gasteiger partial charge >= 0.3 is 0 Å². The van der Waals surface area contributed by atoms with Gasteiger partial charge in [0.05, 0.1) is 12.2 Å². The molecule has 4 aromatic rings. The monoisotopic (exact) mass is 409 g/mol. The van der Waals surface area contributed by atoms with Crippen LogP contribution in [0.15, 0.2) is 34.3 Å². The van der Waals surface area contributed by atoms with Crippen LogP contribution < -0.4 is 5.32 Å². The number of nitrogens with one attached hydrogen (secondary N) is 1. The van der Waals surface area contributed by atoms with Gasteiger partial charge in [-0.2, -0.15) is 4.98 Å². The van der Waals surface area contributed by atoms with Crippen LogP contribution in [0, 0.1) is 6.92 Å². The number of rotatable bonds is 5. The molecular formula is C20H19N5O3S. The van der Waals surface area contributed by atoms with Gasteiger partial charge in [0.15, 0.2) is 4.96 Å². The molecular weight excluding hydrogens is 390 g/mol. The summed E-state index contributed by atoms with van der Waals surface area (Å²) < 4.78 is 12.1. The molecule has 0 radical (unpaired) electrons. The number of imidazole rings is 1. The van der Waals surface area contributed by atoms with Crippen LogP contribution in [-0.4, -0.2) is 32.5 Å². The van der Waals surface area contributed by atoms with Gasteiger partial charge in [-0.25, -0.2) is 4.98 Å². The van der Waals surface area contributed by atoms with E-state index in [1.165, 1.54) is 16.9 Å². The van der Waals surface area contributed by atoms with Crippen LogP contribution in [0.5, 0.6) is 0 Å². The van der Waals surface area contributed by atoms with Crippen LogP contribution >= 0.6 is 11.3 Å². The second-order valence-electron chi connectivity index (χ2n) is 7.06. The lowest BCUT2D eigenvalue weighted by molar-refractivity contribution is 0.0930. The summed E-state index contributed by atoms with van der Waals surface area (Å²) in [7, 11) is 1.59. The average Bonchev–Trinajstić information content (AvgIpc) is 3.48. The van der Waals surface area contributed by atoms with Crippen molar-refractivity contribution >= 4 is 22.2 Å². The molecule has 0 fully saturated rings. The van der Waals surface area contributed by atoms with E-state index in [-0.39, 0.29) is 18.6 Å². The number of aromatic nitrogens is 4. The van der Waals surface area contributed by atoms with E-state index in [1.807, 2.05) is 28.8 Å². The fourth-order valence-corrected chi connectivity index (χ4v) is 4.65. The van der Waals surface area contributed by atoms with E-state index in [1.54, 1.807) is 13.3 Å². The lowest BCUT2D eigenvalue weighted by atomic mass is 10.0. The van der Waals surface area contributed by atoms with Gasteiger partial charge in [0.1, 0.15) is 12.3 Å². The summed E-state index contributed by atoms with van der Waals surface area (Å²) >= 11 is 1.53. The van der Waals surface area contributed by atoms with Crippen molar-refractivity contribution < 1.29 is 14.1 Å². The first-order chi connectivity index (χ1) is 14.1. The van der Waals surface area contributed by atoms with Crippen LogP contribution in [0.2, 0.25) is 0 Å². The maximum atomic E-state index is 12.9. The molecule has 9 heteroatoms. The molecule has 3 heterocycles. The number of nitrogens with zero attached hydrogens (tertiary/aromatic N) is 4. The maximum Gasteiger partial charge on any atom is 0.270 e. The Morgan fingerprint density at radius 3 is 3.21 bits per heavy atom. The van der Waals surface area contributed by atoms with Gasteiger partial charge < -0.3 is 14.6 Å². The van der Waals surface area contributed by atoms with E-state index in [4.69, 9.17) is 9.26 Å². The zero-order valence-electron chi connectivity index (χ0n) is 16.0. The molecule has 1 N–H and O–H groups in total. The van der Waals surface area contributed by atoms with Crippen LogP contribution in [0.1, 0.15) is 45.7 Å². The molecule has 0 unspecified atom stereocenters. The number of hydrogen-bond acceptors (Lipinski definition) is 7. The van der Waals surface area contributed by atoms with Gasteiger partial charge in [-0.1, -0.05) is 17.3 Å².